The van der Waals surface area contributed by atoms with Gasteiger partial charge in [0.1, 0.15) is 5.75 Å². The molecule has 1 amide bonds. The summed E-state index contributed by atoms with van der Waals surface area (Å²) in [5.41, 5.74) is 1.95. The predicted octanol–water partition coefficient (Wildman–Crippen LogP) is 6.35. The van der Waals surface area contributed by atoms with Crippen LogP contribution in [0.3, 0.4) is 0 Å². The molecule has 0 N–H and O–H groups in total. The first kappa shape index (κ1) is 24.8. The maximum absolute atomic E-state index is 14.5. The fraction of sp³-hybridized carbons (Fsp3) is 0.484. The van der Waals surface area contributed by atoms with Gasteiger partial charge in [-0.2, -0.15) is 0 Å². The number of likely N-dealkylation sites (tertiary alicyclic amines) is 1. The first-order chi connectivity index (χ1) is 17.3. The first-order valence-corrected chi connectivity index (χ1v) is 13.2. The van der Waals surface area contributed by atoms with E-state index in [4.69, 9.17) is 14.5 Å². The van der Waals surface area contributed by atoms with Gasteiger partial charge in [-0.15, -0.1) is 6.58 Å². The molecule has 5 rings (SSSR count). The number of carbonyl (C=O) groups excluding carboxylic acids is 1. The molecule has 5 heteroatoms. The summed E-state index contributed by atoms with van der Waals surface area (Å²) in [5, 5.41) is 0. The molecule has 1 saturated carbocycles. The minimum atomic E-state index is -0.801. The first-order valence-electron chi connectivity index (χ1n) is 13.2. The average Bonchev–Trinajstić information content (AvgIpc) is 3.28. The van der Waals surface area contributed by atoms with Crippen LogP contribution in [-0.4, -0.2) is 35.6 Å². The highest BCUT2D eigenvalue weighted by atomic mass is 16.6. The Bertz CT molecular complexity index is 1140. The Hall–Kier alpha value is -2.92. The fourth-order valence-electron chi connectivity index (χ4n) is 6.66. The lowest BCUT2D eigenvalue weighted by atomic mass is 9.66. The molecule has 2 aliphatic heterocycles. The molecule has 1 aliphatic carbocycles. The molecule has 2 bridgehead atoms. The van der Waals surface area contributed by atoms with Gasteiger partial charge >= 0.3 is 0 Å². The Labute approximate surface area is 215 Å². The van der Waals surface area contributed by atoms with Crippen molar-refractivity contribution >= 4 is 11.6 Å². The Morgan fingerprint density at radius 2 is 1.92 bits per heavy atom. The van der Waals surface area contributed by atoms with E-state index >= 15 is 0 Å². The van der Waals surface area contributed by atoms with E-state index in [1.807, 2.05) is 41.3 Å². The monoisotopic (exact) mass is 486 g/mol. The number of hydrogen-bond donors (Lipinski definition) is 0. The molecule has 36 heavy (non-hydrogen) atoms. The average molecular weight is 487 g/mol. The van der Waals surface area contributed by atoms with Crippen LogP contribution < -0.4 is 4.74 Å². The summed E-state index contributed by atoms with van der Waals surface area (Å²) in [7, 11) is 1.69. The van der Waals surface area contributed by atoms with Gasteiger partial charge in [0.05, 0.1) is 18.2 Å². The molecule has 0 aromatic heterocycles. The van der Waals surface area contributed by atoms with Gasteiger partial charge in [0.15, 0.2) is 12.0 Å². The summed E-state index contributed by atoms with van der Waals surface area (Å²) >= 11 is 0. The van der Waals surface area contributed by atoms with E-state index in [9.17, 15) is 4.79 Å². The zero-order valence-electron chi connectivity index (χ0n) is 21.9. The van der Waals surface area contributed by atoms with Gasteiger partial charge in [-0.05, 0) is 60.3 Å². The summed E-state index contributed by atoms with van der Waals surface area (Å²) in [4.78, 5) is 21.7. The summed E-state index contributed by atoms with van der Waals surface area (Å²) < 4.78 is 12.3. The van der Waals surface area contributed by atoms with E-state index in [2.05, 4.69) is 51.6 Å². The quantitative estimate of drug-likeness (QED) is 0.408. The zero-order chi connectivity index (χ0) is 25.5. The molecule has 0 unspecified atom stereocenters. The van der Waals surface area contributed by atoms with Crippen LogP contribution in [0.25, 0.3) is 0 Å². The highest BCUT2D eigenvalue weighted by Crippen LogP contribution is 2.60. The van der Waals surface area contributed by atoms with Crippen molar-refractivity contribution in [1.29, 1.82) is 0 Å². The van der Waals surface area contributed by atoms with Gasteiger partial charge in [-0.25, -0.2) is 0 Å². The molecule has 2 heterocycles. The number of amides is 1. The number of fused-ring (bicyclic) bond motifs is 1. The van der Waals surface area contributed by atoms with Crippen LogP contribution in [0.1, 0.15) is 63.5 Å². The number of carbonyl (C=O) groups is 1. The number of ether oxygens (including phenoxy) is 2. The normalized spacial score (nSPS) is 31.2. The van der Waals surface area contributed by atoms with Gasteiger partial charge in [0.25, 0.3) is 0 Å². The van der Waals surface area contributed by atoms with E-state index in [0.29, 0.717) is 25.3 Å². The number of benzene rings is 2. The van der Waals surface area contributed by atoms with Gasteiger partial charge in [-0.3, -0.25) is 9.79 Å². The fourth-order valence-corrected chi connectivity index (χ4v) is 6.66. The van der Waals surface area contributed by atoms with Crippen LogP contribution in [-0.2, 0) is 16.1 Å². The van der Waals surface area contributed by atoms with Crippen LogP contribution >= 0.6 is 0 Å². The maximum Gasteiger partial charge on any atom is 0.232 e. The molecule has 190 valence electrons. The highest BCUT2D eigenvalue weighted by Gasteiger charge is 2.68. The van der Waals surface area contributed by atoms with Crippen LogP contribution in [0.15, 0.2) is 72.2 Å². The Balaban J connectivity index is 1.63. The number of nitrogens with zero attached hydrogens (tertiary/aromatic N) is 2. The zero-order valence-corrected chi connectivity index (χ0v) is 21.9. The lowest BCUT2D eigenvalue weighted by Crippen LogP contribution is -2.52. The van der Waals surface area contributed by atoms with Gasteiger partial charge in [0.2, 0.25) is 5.91 Å². The Morgan fingerprint density at radius 3 is 2.56 bits per heavy atom. The van der Waals surface area contributed by atoms with Crippen LogP contribution in [0.2, 0.25) is 0 Å². The third kappa shape index (κ3) is 3.98. The van der Waals surface area contributed by atoms with Gasteiger partial charge in [0, 0.05) is 13.0 Å². The van der Waals surface area contributed by atoms with E-state index in [1.165, 1.54) is 5.56 Å². The second-order valence-corrected chi connectivity index (χ2v) is 11.1. The molecule has 1 spiro atoms. The van der Waals surface area contributed by atoms with Crippen molar-refractivity contribution in [2.24, 2.45) is 22.2 Å². The molecule has 5 atom stereocenters. The molecule has 5 nitrogen and oxygen atoms in total. The van der Waals surface area contributed by atoms with Crippen molar-refractivity contribution in [3.63, 3.8) is 0 Å². The SMILES string of the molecule is C=CC[C@]12C[C@@]3(O[C@H](CC(C)C)N=C3C[C@H](c3ccc(OC)cc3)[C@H]1C)N(Cc1ccccc1)C2=O. The van der Waals surface area contributed by atoms with Crippen LogP contribution in [0, 0.1) is 17.3 Å². The third-order valence-corrected chi connectivity index (χ3v) is 8.54. The molecule has 2 aromatic rings. The summed E-state index contributed by atoms with van der Waals surface area (Å²) in [6, 6.07) is 18.5. The highest BCUT2D eigenvalue weighted by molar-refractivity contribution is 6.02. The van der Waals surface area contributed by atoms with E-state index < -0.39 is 11.1 Å². The molecule has 2 aromatic carbocycles. The summed E-state index contributed by atoms with van der Waals surface area (Å²) in [6.45, 7) is 11.2. The predicted molar refractivity (Wildman–Crippen MR) is 143 cm³/mol. The van der Waals surface area contributed by atoms with Crippen LogP contribution in [0.5, 0.6) is 5.75 Å². The minimum Gasteiger partial charge on any atom is -0.497 e. The van der Waals surface area contributed by atoms with E-state index in [-0.39, 0.29) is 24.0 Å². The van der Waals surface area contributed by atoms with Crippen LogP contribution in [0.4, 0.5) is 0 Å². The number of rotatable bonds is 8. The molecule has 1 saturated heterocycles. The number of aliphatic imine (C=N–C) groups is 1. The van der Waals surface area contributed by atoms with E-state index in [0.717, 1.165) is 29.9 Å². The van der Waals surface area contributed by atoms with Gasteiger partial charge < -0.3 is 14.4 Å². The number of methoxy groups -OCH3 is 1. The van der Waals surface area contributed by atoms with E-state index in [1.54, 1.807) is 7.11 Å². The molecule has 0 radical (unpaired) electrons. The smallest absolute Gasteiger partial charge is 0.232 e. The molecular weight excluding hydrogens is 448 g/mol. The van der Waals surface area contributed by atoms with Crippen molar-refractivity contribution < 1.29 is 14.3 Å². The lowest BCUT2D eigenvalue weighted by molar-refractivity contribution is -0.153. The molecule has 3 aliphatic rings. The van der Waals surface area contributed by atoms with Crippen molar-refractivity contribution in [1.82, 2.24) is 4.90 Å². The number of hydrogen-bond acceptors (Lipinski definition) is 4. The Morgan fingerprint density at radius 1 is 1.19 bits per heavy atom. The summed E-state index contributed by atoms with van der Waals surface area (Å²) in [5.74, 6) is 1.69. The lowest BCUT2D eigenvalue weighted by Gasteiger charge is -2.40. The Kier molecular flexibility index (Phi) is 6.54. The molecular formula is C31H38N2O3. The van der Waals surface area contributed by atoms with Gasteiger partial charge in [-0.1, -0.05) is 69.3 Å². The molecule has 2 fully saturated rings. The summed E-state index contributed by atoms with van der Waals surface area (Å²) in [6.07, 6.45) is 4.56. The topological polar surface area (TPSA) is 51.1 Å². The largest absolute Gasteiger partial charge is 0.497 e. The second kappa shape index (κ2) is 9.51. The van der Waals surface area contributed by atoms with Crippen molar-refractivity contribution in [3.8, 4) is 5.75 Å². The minimum absolute atomic E-state index is 0.0921. The van der Waals surface area contributed by atoms with Crippen molar-refractivity contribution in [2.45, 2.75) is 70.9 Å². The second-order valence-electron chi connectivity index (χ2n) is 11.1. The van der Waals surface area contributed by atoms with Crippen molar-refractivity contribution in [3.05, 3.63) is 78.4 Å². The maximum atomic E-state index is 14.5. The third-order valence-electron chi connectivity index (χ3n) is 8.54. The standard InChI is InChI=1S/C31H38N2O3/c1-6-16-30-20-31(33(29(30)34)19-23-10-8-7-9-11-23)27(32-28(36-31)17-21(2)3)18-26(22(30)4)24-12-14-25(35-5)15-13-24/h6-15,21-22,26,28H,1,16-20H2,2-5H3/t22-,26+,28-,30+,31+/m1/s1. The van der Waals surface area contributed by atoms with Crippen molar-refractivity contribution in [2.75, 3.05) is 7.11 Å². The number of allylic oxidation sites excluding steroid dienone is 1.